The van der Waals surface area contributed by atoms with Gasteiger partial charge in [0.2, 0.25) is 0 Å². The molecular formula is C16H15N5O3S. The van der Waals surface area contributed by atoms with Gasteiger partial charge in [0.1, 0.15) is 0 Å². The highest BCUT2D eigenvalue weighted by molar-refractivity contribution is 7.14. The van der Waals surface area contributed by atoms with Gasteiger partial charge in [-0.05, 0) is 31.9 Å². The van der Waals surface area contributed by atoms with Crippen molar-refractivity contribution < 1.29 is 9.72 Å². The zero-order valence-corrected chi connectivity index (χ0v) is 14.3. The Kier molecular flexibility index (Phi) is 3.72. The molecule has 8 nitrogen and oxygen atoms in total. The number of carbonyl (C=O) groups excluding carboxylic acids is 1. The highest BCUT2D eigenvalue weighted by atomic mass is 32.1. The van der Waals surface area contributed by atoms with Gasteiger partial charge >= 0.3 is 0 Å². The molecule has 1 fully saturated rings. The standard InChI is InChI=1S/C16H15N5O3S/c1-10-12(21(23)24)9-13(25-10)16(22)19-8-4-5-11(19)15-18-17-14-6-2-3-7-20(14)15/h2-3,6-7,9,11H,4-5,8H2,1H3. The summed E-state index contributed by atoms with van der Waals surface area (Å²) >= 11 is 1.16. The lowest BCUT2D eigenvalue weighted by Gasteiger charge is -2.22. The van der Waals surface area contributed by atoms with Crippen LogP contribution in [0.5, 0.6) is 0 Å². The van der Waals surface area contributed by atoms with Gasteiger partial charge in [-0.2, -0.15) is 0 Å². The van der Waals surface area contributed by atoms with Gasteiger partial charge in [-0.3, -0.25) is 19.3 Å². The molecule has 0 bridgehead atoms. The second-order valence-electron chi connectivity index (χ2n) is 5.95. The van der Waals surface area contributed by atoms with Gasteiger partial charge in [0, 0.05) is 18.8 Å². The average molecular weight is 357 g/mol. The summed E-state index contributed by atoms with van der Waals surface area (Å²) in [7, 11) is 0. The van der Waals surface area contributed by atoms with Gasteiger partial charge in [-0.25, -0.2) is 0 Å². The maximum atomic E-state index is 12.9. The Morgan fingerprint density at radius 1 is 1.40 bits per heavy atom. The van der Waals surface area contributed by atoms with E-state index >= 15 is 0 Å². The smallest absolute Gasteiger partial charge is 0.283 e. The van der Waals surface area contributed by atoms with E-state index in [0.29, 0.717) is 16.3 Å². The third-order valence-electron chi connectivity index (χ3n) is 4.45. The number of carbonyl (C=O) groups is 1. The largest absolute Gasteiger partial charge is 0.328 e. The molecule has 1 aliphatic heterocycles. The first kappa shape index (κ1) is 15.7. The first-order chi connectivity index (χ1) is 12.1. The van der Waals surface area contributed by atoms with Crippen LogP contribution >= 0.6 is 11.3 Å². The summed E-state index contributed by atoms with van der Waals surface area (Å²) < 4.78 is 1.89. The number of aromatic nitrogens is 3. The average Bonchev–Trinajstić information content (AvgIpc) is 3.31. The Morgan fingerprint density at radius 3 is 3.00 bits per heavy atom. The fourth-order valence-corrected chi connectivity index (χ4v) is 4.21. The van der Waals surface area contributed by atoms with Gasteiger partial charge in [0.05, 0.1) is 20.7 Å². The van der Waals surface area contributed by atoms with Crippen LogP contribution in [-0.4, -0.2) is 36.9 Å². The molecule has 9 heteroatoms. The van der Waals surface area contributed by atoms with E-state index in [2.05, 4.69) is 10.2 Å². The van der Waals surface area contributed by atoms with E-state index in [1.807, 2.05) is 28.8 Å². The summed E-state index contributed by atoms with van der Waals surface area (Å²) in [6.07, 6.45) is 3.55. The highest BCUT2D eigenvalue weighted by Gasteiger charge is 2.35. The predicted molar refractivity (Wildman–Crippen MR) is 91.7 cm³/mol. The highest BCUT2D eigenvalue weighted by Crippen LogP contribution is 2.35. The minimum Gasteiger partial charge on any atom is -0.328 e. The summed E-state index contributed by atoms with van der Waals surface area (Å²) in [6, 6.07) is 6.85. The fraction of sp³-hybridized carbons (Fsp3) is 0.312. The molecule has 4 heterocycles. The molecule has 128 valence electrons. The molecule has 3 aromatic rings. The number of pyridine rings is 1. The summed E-state index contributed by atoms with van der Waals surface area (Å²) in [4.78, 5) is 26.2. The van der Waals surface area contributed by atoms with Crippen LogP contribution in [0.2, 0.25) is 0 Å². The molecule has 0 spiro atoms. The molecule has 0 N–H and O–H groups in total. The van der Waals surface area contributed by atoms with E-state index in [9.17, 15) is 14.9 Å². The van der Waals surface area contributed by atoms with Gasteiger partial charge in [-0.1, -0.05) is 6.07 Å². The number of aryl methyl sites for hydroxylation is 1. The van der Waals surface area contributed by atoms with E-state index < -0.39 is 4.92 Å². The van der Waals surface area contributed by atoms with Crippen molar-refractivity contribution in [3.8, 4) is 0 Å². The van der Waals surface area contributed by atoms with E-state index in [4.69, 9.17) is 0 Å². The third-order valence-corrected chi connectivity index (χ3v) is 5.48. The van der Waals surface area contributed by atoms with Crippen molar-refractivity contribution in [1.82, 2.24) is 19.5 Å². The Balaban J connectivity index is 1.68. The molecule has 0 saturated carbocycles. The van der Waals surface area contributed by atoms with Crippen LogP contribution in [0.25, 0.3) is 5.65 Å². The second-order valence-corrected chi connectivity index (χ2v) is 7.21. The Hall–Kier alpha value is -2.81. The van der Waals surface area contributed by atoms with Gasteiger partial charge < -0.3 is 4.90 Å². The lowest BCUT2D eigenvalue weighted by molar-refractivity contribution is -0.385. The number of hydrogen-bond acceptors (Lipinski definition) is 6. The molecule has 0 aliphatic carbocycles. The molecule has 0 radical (unpaired) electrons. The normalized spacial score (nSPS) is 17.3. The van der Waals surface area contributed by atoms with Crippen molar-refractivity contribution in [3.05, 3.63) is 56.2 Å². The van der Waals surface area contributed by atoms with Gasteiger partial charge in [0.25, 0.3) is 11.6 Å². The van der Waals surface area contributed by atoms with Crippen LogP contribution < -0.4 is 0 Å². The maximum absolute atomic E-state index is 12.9. The fourth-order valence-electron chi connectivity index (χ4n) is 3.27. The monoisotopic (exact) mass is 357 g/mol. The molecule has 1 atom stereocenters. The summed E-state index contributed by atoms with van der Waals surface area (Å²) in [5.41, 5.74) is 0.733. The van der Waals surface area contributed by atoms with Crippen LogP contribution in [0, 0.1) is 17.0 Å². The van der Waals surface area contributed by atoms with Crippen LogP contribution in [0.1, 0.15) is 39.3 Å². The molecule has 1 unspecified atom stereocenters. The molecule has 1 saturated heterocycles. The van der Waals surface area contributed by atoms with E-state index in [1.165, 1.54) is 6.07 Å². The van der Waals surface area contributed by atoms with Crippen molar-refractivity contribution in [3.63, 3.8) is 0 Å². The number of fused-ring (bicyclic) bond motifs is 1. The third kappa shape index (κ3) is 2.56. The topological polar surface area (TPSA) is 93.6 Å². The number of nitrogens with zero attached hydrogens (tertiary/aromatic N) is 5. The molecule has 0 aromatic carbocycles. The Labute approximate surface area is 146 Å². The molecule has 4 rings (SSSR count). The van der Waals surface area contributed by atoms with E-state index in [-0.39, 0.29) is 17.6 Å². The molecular weight excluding hydrogens is 342 g/mol. The van der Waals surface area contributed by atoms with Crippen molar-refractivity contribution >= 4 is 28.6 Å². The number of hydrogen-bond donors (Lipinski definition) is 0. The number of likely N-dealkylation sites (tertiary alicyclic amines) is 1. The molecule has 1 aliphatic rings. The number of rotatable bonds is 3. The van der Waals surface area contributed by atoms with Crippen LogP contribution in [0.4, 0.5) is 5.69 Å². The van der Waals surface area contributed by atoms with Gasteiger partial charge in [0.15, 0.2) is 11.5 Å². The quantitative estimate of drug-likeness (QED) is 0.530. The lowest BCUT2D eigenvalue weighted by Crippen LogP contribution is -2.31. The first-order valence-corrected chi connectivity index (χ1v) is 8.73. The SMILES string of the molecule is Cc1sc(C(=O)N2CCCC2c2nnc3ccccn23)cc1[N+](=O)[O-]. The number of nitro groups is 1. The predicted octanol–water partition coefficient (Wildman–Crippen LogP) is 2.98. The van der Waals surface area contributed by atoms with Crippen LogP contribution in [-0.2, 0) is 0 Å². The maximum Gasteiger partial charge on any atom is 0.283 e. The van der Waals surface area contributed by atoms with Crippen molar-refractivity contribution in [2.24, 2.45) is 0 Å². The molecule has 1 amide bonds. The van der Waals surface area contributed by atoms with E-state index in [0.717, 1.165) is 35.7 Å². The zero-order valence-electron chi connectivity index (χ0n) is 13.5. The first-order valence-electron chi connectivity index (χ1n) is 7.91. The second kappa shape index (κ2) is 5.92. The molecule has 25 heavy (non-hydrogen) atoms. The van der Waals surface area contributed by atoms with E-state index in [1.54, 1.807) is 11.8 Å². The Morgan fingerprint density at radius 2 is 2.24 bits per heavy atom. The number of thiophene rings is 1. The van der Waals surface area contributed by atoms with Crippen molar-refractivity contribution in [2.75, 3.05) is 6.54 Å². The van der Waals surface area contributed by atoms with Crippen LogP contribution in [0.3, 0.4) is 0 Å². The lowest BCUT2D eigenvalue weighted by atomic mass is 10.2. The summed E-state index contributed by atoms with van der Waals surface area (Å²) in [5, 5.41) is 19.5. The minimum atomic E-state index is -0.448. The minimum absolute atomic E-state index is 0.00276. The van der Waals surface area contributed by atoms with Crippen molar-refractivity contribution in [2.45, 2.75) is 25.8 Å². The van der Waals surface area contributed by atoms with Crippen molar-refractivity contribution in [1.29, 1.82) is 0 Å². The summed E-state index contributed by atoms with van der Waals surface area (Å²) in [5.74, 6) is 0.542. The van der Waals surface area contributed by atoms with Crippen LogP contribution in [0.15, 0.2) is 30.5 Å². The number of amides is 1. The summed E-state index contributed by atoms with van der Waals surface area (Å²) in [6.45, 7) is 2.27. The van der Waals surface area contributed by atoms with Gasteiger partial charge in [-0.15, -0.1) is 21.5 Å². The zero-order chi connectivity index (χ0) is 17.6. The molecule has 3 aromatic heterocycles. The Bertz CT molecular complexity index is 979.